The average Bonchev–Trinajstić information content (AvgIpc) is 2.97. The number of sulfone groups is 1. The highest BCUT2D eigenvalue weighted by molar-refractivity contribution is 7.90. The molecule has 0 aromatic heterocycles. The predicted octanol–water partition coefficient (Wildman–Crippen LogP) is 3.48. The van der Waals surface area contributed by atoms with Crippen molar-refractivity contribution in [1.82, 2.24) is 0 Å². The normalized spacial score (nSPS) is 22.8. The van der Waals surface area contributed by atoms with E-state index in [1.54, 1.807) is 25.1 Å². The number of carbonyl (C=O) groups excluding carboxylic acids is 1. The Labute approximate surface area is 150 Å². The molecule has 1 atom stereocenters. The SMILES string of the molecule is CC12OC(=O)C=C1c1cc(F)ccc1/C2=C\c1ccc(S(C)(=O)=O)cc1. The lowest BCUT2D eigenvalue weighted by atomic mass is 9.92. The third-order valence-electron chi connectivity index (χ3n) is 4.78. The minimum absolute atomic E-state index is 0.229. The van der Waals surface area contributed by atoms with E-state index in [-0.39, 0.29) is 10.7 Å². The summed E-state index contributed by atoms with van der Waals surface area (Å²) < 4.78 is 42.5. The molecule has 0 amide bonds. The summed E-state index contributed by atoms with van der Waals surface area (Å²) in [5.41, 5.74) is 2.57. The van der Waals surface area contributed by atoms with Crippen molar-refractivity contribution in [3.63, 3.8) is 0 Å². The Morgan fingerprint density at radius 3 is 2.42 bits per heavy atom. The summed E-state index contributed by atoms with van der Waals surface area (Å²) in [6.07, 6.45) is 4.38. The van der Waals surface area contributed by atoms with Gasteiger partial charge in [0.05, 0.1) is 4.90 Å². The van der Waals surface area contributed by atoms with Gasteiger partial charge in [-0.05, 0) is 54.0 Å². The van der Waals surface area contributed by atoms with Gasteiger partial charge in [0.15, 0.2) is 15.4 Å². The predicted molar refractivity (Wildman–Crippen MR) is 96.3 cm³/mol. The molecule has 0 fully saturated rings. The summed E-state index contributed by atoms with van der Waals surface area (Å²) in [6.45, 7) is 1.78. The highest BCUT2D eigenvalue weighted by Crippen LogP contribution is 2.53. The monoisotopic (exact) mass is 370 g/mol. The third kappa shape index (κ3) is 2.49. The van der Waals surface area contributed by atoms with Crippen LogP contribution in [0.4, 0.5) is 4.39 Å². The molecule has 6 heteroatoms. The summed E-state index contributed by atoms with van der Waals surface area (Å²) in [7, 11) is -3.27. The first-order chi connectivity index (χ1) is 12.2. The van der Waals surface area contributed by atoms with Gasteiger partial charge in [-0.1, -0.05) is 18.2 Å². The smallest absolute Gasteiger partial charge is 0.332 e. The van der Waals surface area contributed by atoms with Gasteiger partial charge in [0.1, 0.15) is 5.82 Å². The number of fused-ring (bicyclic) bond motifs is 3. The van der Waals surface area contributed by atoms with E-state index >= 15 is 0 Å². The van der Waals surface area contributed by atoms with Crippen molar-refractivity contribution >= 4 is 33.0 Å². The summed E-state index contributed by atoms with van der Waals surface area (Å²) in [6, 6.07) is 10.9. The van der Waals surface area contributed by atoms with Gasteiger partial charge in [0.2, 0.25) is 0 Å². The van der Waals surface area contributed by atoms with Gasteiger partial charge in [-0.25, -0.2) is 17.6 Å². The second-order valence-corrected chi connectivity index (χ2v) is 8.62. The van der Waals surface area contributed by atoms with Crippen LogP contribution >= 0.6 is 0 Å². The average molecular weight is 370 g/mol. The third-order valence-corrected chi connectivity index (χ3v) is 5.90. The Hall–Kier alpha value is -2.73. The van der Waals surface area contributed by atoms with Crippen LogP contribution in [0.5, 0.6) is 0 Å². The molecule has 1 aliphatic carbocycles. The lowest BCUT2D eigenvalue weighted by Gasteiger charge is -2.23. The molecule has 2 aliphatic rings. The lowest BCUT2D eigenvalue weighted by molar-refractivity contribution is -0.140. The van der Waals surface area contributed by atoms with Gasteiger partial charge >= 0.3 is 5.97 Å². The number of ether oxygens (including phenoxy) is 1. The first-order valence-corrected chi connectivity index (χ1v) is 9.85. The fraction of sp³-hybridized carbons (Fsp3) is 0.150. The summed E-state index contributed by atoms with van der Waals surface area (Å²) in [4.78, 5) is 12.1. The zero-order valence-electron chi connectivity index (χ0n) is 14.1. The fourth-order valence-corrected chi connectivity index (χ4v) is 4.13. The number of hydrogen-bond donors (Lipinski definition) is 0. The fourth-order valence-electron chi connectivity index (χ4n) is 3.50. The first kappa shape index (κ1) is 16.7. The molecular formula is C20H15FO4S. The van der Waals surface area contributed by atoms with Gasteiger partial charge in [0, 0.05) is 23.5 Å². The maximum Gasteiger partial charge on any atom is 0.332 e. The quantitative estimate of drug-likeness (QED) is 0.760. The second kappa shape index (κ2) is 5.38. The number of carbonyl (C=O) groups is 1. The van der Waals surface area contributed by atoms with E-state index in [0.717, 1.165) is 23.0 Å². The number of esters is 1. The first-order valence-electron chi connectivity index (χ1n) is 7.96. The Balaban J connectivity index is 1.87. The minimum atomic E-state index is -3.27. The van der Waals surface area contributed by atoms with Crippen LogP contribution in [0.3, 0.4) is 0 Å². The molecule has 0 N–H and O–H groups in total. The number of halogens is 1. The molecular weight excluding hydrogens is 355 g/mol. The molecule has 2 aromatic carbocycles. The van der Waals surface area contributed by atoms with Crippen molar-refractivity contribution in [2.24, 2.45) is 0 Å². The number of rotatable bonds is 2. The van der Waals surface area contributed by atoms with E-state index < -0.39 is 21.4 Å². The van der Waals surface area contributed by atoms with Crippen molar-refractivity contribution in [2.75, 3.05) is 6.26 Å². The van der Waals surface area contributed by atoms with Gasteiger partial charge < -0.3 is 4.74 Å². The minimum Gasteiger partial charge on any atom is -0.446 e. The molecule has 1 heterocycles. The van der Waals surface area contributed by atoms with E-state index in [1.165, 1.54) is 30.3 Å². The maximum absolute atomic E-state index is 13.7. The van der Waals surface area contributed by atoms with Crippen LogP contribution in [0.1, 0.15) is 23.6 Å². The Bertz CT molecular complexity index is 1110. The topological polar surface area (TPSA) is 60.4 Å². The molecule has 0 radical (unpaired) electrons. The van der Waals surface area contributed by atoms with Crippen LogP contribution in [0, 0.1) is 5.82 Å². The molecule has 1 aliphatic heterocycles. The second-order valence-electron chi connectivity index (χ2n) is 6.60. The van der Waals surface area contributed by atoms with Gasteiger partial charge in [-0.2, -0.15) is 0 Å². The van der Waals surface area contributed by atoms with E-state index in [2.05, 4.69) is 0 Å². The van der Waals surface area contributed by atoms with Crippen LogP contribution in [0.25, 0.3) is 17.2 Å². The summed E-state index contributed by atoms with van der Waals surface area (Å²) >= 11 is 0. The molecule has 0 saturated carbocycles. The van der Waals surface area contributed by atoms with Crippen LogP contribution in [-0.2, 0) is 19.4 Å². The number of hydrogen-bond acceptors (Lipinski definition) is 4. The molecule has 1 unspecified atom stereocenters. The highest BCUT2D eigenvalue weighted by Gasteiger charge is 2.49. The van der Waals surface area contributed by atoms with Gasteiger partial charge in [-0.3, -0.25) is 0 Å². The summed E-state index contributed by atoms with van der Waals surface area (Å²) in [5, 5.41) is 0. The zero-order chi connectivity index (χ0) is 18.7. The molecule has 132 valence electrons. The number of benzene rings is 2. The Morgan fingerprint density at radius 2 is 1.77 bits per heavy atom. The molecule has 4 rings (SSSR count). The van der Waals surface area contributed by atoms with Crippen LogP contribution < -0.4 is 0 Å². The molecule has 0 bridgehead atoms. The Morgan fingerprint density at radius 1 is 1.08 bits per heavy atom. The molecule has 4 nitrogen and oxygen atoms in total. The van der Waals surface area contributed by atoms with E-state index in [9.17, 15) is 17.6 Å². The van der Waals surface area contributed by atoms with Crippen molar-refractivity contribution in [2.45, 2.75) is 17.4 Å². The van der Waals surface area contributed by atoms with Crippen molar-refractivity contribution in [1.29, 1.82) is 0 Å². The lowest BCUT2D eigenvalue weighted by Crippen LogP contribution is -2.24. The van der Waals surface area contributed by atoms with Crippen LogP contribution in [0.15, 0.2) is 53.4 Å². The molecule has 0 spiro atoms. The van der Waals surface area contributed by atoms with Crippen molar-refractivity contribution in [3.05, 3.63) is 71.0 Å². The maximum atomic E-state index is 13.7. The highest BCUT2D eigenvalue weighted by atomic mass is 32.2. The van der Waals surface area contributed by atoms with Crippen molar-refractivity contribution < 1.29 is 22.3 Å². The van der Waals surface area contributed by atoms with Crippen LogP contribution in [0.2, 0.25) is 0 Å². The standard InChI is InChI=1S/C20H15FO4S/c1-20-17(9-12-3-6-14(7-4-12)26(2,23)24)15-8-5-13(21)10-16(15)18(20)11-19(22)25-20/h3-11H,1-2H3/b17-9+. The molecule has 2 aromatic rings. The Kier molecular flexibility index (Phi) is 3.46. The van der Waals surface area contributed by atoms with E-state index in [1.807, 2.05) is 6.08 Å². The van der Waals surface area contributed by atoms with E-state index in [4.69, 9.17) is 4.74 Å². The van der Waals surface area contributed by atoms with Crippen LogP contribution in [-0.4, -0.2) is 26.2 Å². The molecule has 0 saturated heterocycles. The molecule has 26 heavy (non-hydrogen) atoms. The van der Waals surface area contributed by atoms with Crippen molar-refractivity contribution in [3.8, 4) is 0 Å². The zero-order valence-corrected chi connectivity index (χ0v) is 14.9. The van der Waals surface area contributed by atoms with E-state index in [0.29, 0.717) is 11.1 Å². The van der Waals surface area contributed by atoms with Gasteiger partial charge in [0.25, 0.3) is 0 Å². The summed E-state index contributed by atoms with van der Waals surface area (Å²) in [5.74, 6) is -0.846. The largest absolute Gasteiger partial charge is 0.446 e. The van der Waals surface area contributed by atoms with Gasteiger partial charge in [-0.15, -0.1) is 0 Å².